The summed E-state index contributed by atoms with van der Waals surface area (Å²) in [6.45, 7) is 5.07. The third kappa shape index (κ3) is 3.57. The second-order valence-electron chi connectivity index (χ2n) is 5.14. The summed E-state index contributed by atoms with van der Waals surface area (Å²) in [5.41, 5.74) is 1.58. The van der Waals surface area contributed by atoms with Gasteiger partial charge in [-0.2, -0.15) is 0 Å². The van der Waals surface area contributed by atoms with Crippen molar-refractivity contribution in [2.45, 2.75) is 26.8 Å². The molecule has 0 aliphatic heterocycles. The van der Waals surface area contributed by atoms with Crippen molar-refractivity contribution in [3.63, 3.8) is 0 Å². The normalized spacial score (nSPS) is 11.3. The number of hydrogen-bond acceptors (Lipinski definition) is 3. The van der Waals surface area contributed by atoms with Gasteiger partial charge in [0, 0.05) is 22.0 Å². The van der Waals surface area contributed by atoms with Crippen LogP contribution in [-0.2, 0) is 13.0 Å². The Morgan fingerprint density at radius 1 is 1.40 bits per heavy atom. The first kappa shape index (κ1) is 15.4. The van der Waals surface area contributed by atoms with Crippen molar-refractivity contribution in [3.8, 4) is 10.6 Å². The number of hydrogen-bond donors (Lipinski definition) is 1. The SMILES string of the molecule is CNCc1sc(-c2ccc(Cl)cc2F)nc1CC(C)C. The van der Waals surface area contributed by atoms with Crippen LogP contribution in [0, 0.1) is 11.7 Å². The number of aromatic nitrogens is 1. The largest absolute Gasteiger partial charge is 0.315 e. The molecule has 0 fully saturated rings. The monoisotopic (exact) mass is 312 g/mol. The second kappa shape index (κ2) is 6.66. The summed E-state index contributed by atoms with van der Waals surface area (Å²) in [5, 5.41) is 4.27. The maximum absolute atomic E-state index is 14.0. The first-order valence-electron chi connectivity index (χ1n) is 6.60. The number of thiazole rings is 1. The van der Waals surface area contributed by atoms with Gasteiger partial charge in [-0.15, -0.1) is 11.3 Å². The minimum Gasteiger partial charge on any atom is -0.315 e. The summed E-state index contributed by atoms with van der Waals surface area (Å²) in [6, 6.07) is 4.72. The van der Waals surface area contributed by atoms with Gasteiger partial charge in [0.05, 0.1) is 5.69 Å². The molecule has 0 aliphatic carbocycles. The van der Waals surface area contributed by atoms with Crippen molar-refractivity contribution in [1.82, 2.24) is 10.3 Å². The quantitative estimate of drug-likeness (QED) is 0.878. The third-order valence-electron chi connectivity index (χ3n) is 2.88. The molecule has 0 atom stereocenters. The average Bonchev–Trinajstić information content (AvgIpc) is 2.72. The maximum Gasteiger partial charge on any atom is 0.134 e. The van der Waals surface area contributed by atoms with Crippen molar-refractivity contribution < 1.29 is 4.39 Å². The first-order chi connectivity index (χ1) is 9.51. The predicted molar refractivity (Wildman–Crippen MR) is 83.8 cm³/mol. The van der Waals surface area contributed by atoms with E-state index < -0.39 is 0 Å². The molecule has 2 aromatic rings. The third-order valence-corrected chi connectivity index (χ3v) is 4.24. The van der Waals surface area contributed by atoms with Crippen LogP contribution >= 0.6 is 22.9 Å². The minimum atomic E-state index is -0.321. The van der Waals surface area contributed by atoms with Gasteiger partial charge >= 0.3 is 0 Å². The van der Waals surface area contributed by atoms with Gasteiger partial charge in [0.1, 0.15) is 10.8 Å². The van der Waals surface area contributed by atoms with Crippen molar-refractivity contribution in [3.05, 3.63) is 39.6 Å². The Hall–Kier alpha value is -0.970. The van der Waals surface area contributed by atoms with Crippen molar-refractivity contribution >= 4 is 22.9 Å². The Labute approximate surface area is 128 Å². The van der Waals surface area contributed by atoms with Crippen LogP contribution in [0.4, 0.5) is 4.39 Å². The standard InChI is InChI=1S/C15H18ClFN2S/c1-9(2)6-13-14(8-18-3)20-15(19-13)11-5-4-10(16)7-12(11)17/h4-5,7,9,18H,6,8H2,1-3H3. The molecule has 1 heterocycles. The van der Waals surface area contributed by atoms with E-state index in [9.17, 15) is 4.39 Å². The Balaban J connectivity index is 2.41. The maximum atomic E-state index is 14.0. The van der Waals surface area contributed by atoms with E-state index in [-0.39, 0.29) is 5.82 Å². The smallest absolute Gasteiger partial charge is 0.134 e. The number of nitrogens with zero attached hydrogens (tertiary/aromatic N) is 1. The fourth-order valence-corrected chi connectivity index (χ4v) is 3.29. The molecule has 2 rings (SSSR count). The summed E-state index contributed by atoms with van der Waals surface area (Å²) in [5.74, 6) is 0.203. The van der Waals surface area contributed by atoms with E-state index in [4.69, 9.17) is 11.6 Å². The summed E-state index contributed by atoms with van der Waals surface area (Å²) < 4.78 is 14.0. The van der Waals surface area contributed by atoms with Crippen molar-refractivity contribution in [2.75, 3.05) is 7.05 Å². The number of benzene rings is 1. The van der Waals surface area contributed by atoms with Crippen LogP contribution in [0.2, 0.25) is 5.02 Å². The Morgan fingerprint density at radius 2 is 2.15 bits per heavy atom. The Kier molecular flexibility index (Phi) is 5.13. The summed E-state index contributed by atoms with van der Waals surface area (Å²) >= 11 is 7.33. The molecule has 0 radical (unpaired) electrons. The molecular weight excluding hydrogens is 295 g/mol. The second-order valence-corrected chi connectivity index (χ2v) is 6.66. The molecule has 2 nitrogen and oxygen atoms in total. The molecule has 0 saturated carbocycles. The van der Waals surface area contributed by atoms with Crippen LogP contribution in [0.25, 0.3) is 10.6 Å². The van der Waals surface area contributed by atoms with Gasteiger partial charge in [0.15, 0.2) is 0 Å². The van der Waals surface area contributed by atoms with Gasteiger partial charge in [0.25, 0.3) is 0 Å². The lowest BCUT2D eigenvalue weighted by atomic mass is 10.1. The van der Waals surface area contributed by atoms with E-state index in [0.717, 1.165) is 23.7 Å². The molecule has 0 bridgehead atoms. The number of nitrogens with one attached hydrogen (secondary N) is 1. The minimum absolute atomic E-state index is 0.321. The van der Waals surface area contributed by atoms with E-state index in [0.29, 0.717) is 16.5 Å². The highest BCUT2D eigenvalue weighted by Gasteiger charge is 2.15. The van der Waals surface area contributed by atoms with Crippen LogP contribution in [0.1, 0.15) is 24.4 Å². The molecule has 1 aromatic heterocycles. The molecule has 1 N–H and O–H groups in total. The molecule has 1 aromatic carbocycles. The van der Waals surface area contributed by atoms with Crippen molar-refractivity contribution in [1.29, 1.82) is 0 Å². The highest BCUT2D eigenvalue weighted by atomic mass is 35.5. The molecular formula is C15H18ClFN2S. The van der Waals surface area contributed by atoms with E-state index in [1.54, 1.807) is 23.5 Å². The lowest BCUT2D eigenvalue weighted by Crippen LogP contribution is -2.07. The Bertz CT molecular complexity index is 596. The summed E-state index contributed by atoms with van der Waals surface area (Å²) in [4.78, 5) is 5.80. The van der Waals surface area contributed by atoms with E-state index in [2.05, 4.69) is 24.1 Å². The molecule has 20 heavy (non-hydrogen) atoms. The van der Waals surface area contributed by atoms with Crippen molar-refractivity contribution in [2.24, 2.45) is 5.92 Å². The van der Waals surface area contributed by atoms with Gasteiger partial charge in [-0.3, -0.25) is 0 Å². The molecule has 0 saturated heterocycles. The molecule has 0 spiro atoms. The molecule has 0 amide bonds. The van der Waals surface area contributed by atoms with Crippen LogP contribution in [0.3, 0.4) is 0 Å². The number of rotatable bonds is 5. The van der Waals surface area contributed by atoms with Crippen LogP contribution in [-0.4, -0.2) is 12.0 Å². The van der Waals surface area contributed by atoms with E-state index in [1.165, 1.54) is 10.9 Å². The average molecular weight is 313 g/mol. The number of halogens is 2. The fraction of sp³-hybridized carbons (Fsp3) is 0.400. The van der Waals surface area contributed by atoms with Gasteiger partial charge in [-0.05, 0) is 37.6 Å². The van der Waals surface area contributed by atoms with Gasteiger partial charge in [0.2, 0.25) is 0 Å². The van der Waals surface area contributed by atoms with Crippen LogP contribution in [0.15, 0.2) is 18.2 Å². The van der Waals surface area contributed by atoms with Gasteiger partial charge in [-0.25, -0.2) is 9.37 Å². The fourth-order valence-electron chi connectivity index (χ4n) is 2.01. The zero-order valence-corrected chi connectivity index (χ0v) is 13.4. The first-order valence-corrected chi connectivity index (χ1v) is 7.79. The van der Waals surface area contributed by atoms with E-state index >= 15 is 0 Å². The molecule has 0 unspecified atom stereocenters. The zero-order valence-electron chi connectivity index (χ0n) is 11.8. The summed E-state index contributed by atoms with van der Waals surface area (Å²) in [7, 11) is 1.90. The topological polar surface area (TPSA) is 24.9 Å². The van der Waals surface area contributed by atoms with Crippen LogP contribution in [0.5, 0.6) is 0 Å². The zero-order chi connectivity index (χ0) is 14.7. The predicted octanol–water partition coefficient (Wildman–Crippen LogP) is 4.52. The Morgan fingerprint density at radius 3 is 2.75 bits per heavy atom. The lowest BCUT2D eigenvalue weighted by Gasteiger charge is -2.03. The highest BCUT2D eigenvalue weighted by Crippen LogP contribution is 2.32. The van der Waals surface area contributed by atoms with Crippen LogP contribution < -0.4 is 5.32 Å². The highest BCUT2D eigenvalue weighted by molar-refractivity contribution is 7.15. The van der Waals surface area contributed by atoms with Gasteiger partial charge in [-0.1, -0.05) is 25.4 Å². The molecule has 108 valence electrons. The summed E-state index contributed by atoms with van der Waals surface area (Å²) in [6.07, 6.45) is 0.905. The van der Waals surface area contributed by atoms with Gasteiger partial charge < -0.3 is 5.32 Å². The molecule has 5 heteroatoms. The van der Waals surface area contributed by atoms with E-state index in [1.807, 2.05) is 7.05 Å². The molecule has 0 aliphatic rings. The lowest BCUT2D eigenvalue weighted by molar-refractivity contribution is 0.627.